The summed E-state index contributed by atoms with van der Waals surface area (Å²) in [6.45, 7) is 1.28. The van der Waals surface area contributed by atoms with Crippen molar-refractivity contribution in [3.8, 4) is 0 Å². The van der Waals surface area contributed by atoms with Crippen molar-refractivity contribution in [2.75, 3.05) is 23.3 Å². The molecule has 0 unspecified atom stereocenters. The number of nitrogens with zero attached hydrogens (tertiary/aromatic N) is 1. The van der Waals surface area contributed by atoms with Crippen LogP contribution in [0.4, 0.5) is 11.4 Å². The molecule has 2 heterocycles. The molecular weight excluding hydrogens is 180 g/mol. The zero-order valence-electron chi connectivity index (χ0n) is 7.41. The number of hydrogen-bond donors (Lipinski definition) is 1. The highest BCUT2D eigenvalue weighted by atomic mass is 16.2. The number of hydrogen-bond acceptors (Lipinski definition) is 3. The Morgan fingerprint density at radius 3 is 3.00 bits per heavy atom. The molecule has 0 atom stereocenters. The van der Waals surface area contributed by atoms with E-state index in [4.69, 9.17) is 0 Å². The summed E-state index contributed by atoms with van der Waals surface area (Å²) in [5.41, 5.74) is 2.17. The van der Waals surface area contributed by atoms with Gasteiger partial charge in [-0.3, -0.25) is 9.59 Å². The van der Waals surface area contributed by atoms with Gasteiger partial charge >= 0.3 is 0 Å². The van der Waals surface area contributed by atoms with Gasteiger partial charge in [-0.25, -0.2) is 0 Å². The lowest BCUT2D eigenvalue weighted by Crippen LogP contribution is -2.37. The third kappa shape index (κ3) is 0.731. The van der Waals surface area contributed by atoms with Crippen molar-refractivity contribution in [3.05, 3.63) is 23.8 Å². The van der Waals surface area contributed by atoms with Gasteiger partial charge in [0.05, 0.1) is 16.9 Å². The molecule has 1 amide bonds. The number of rotatable bonds is 0. The first-order valence-electron chi connectivity index (χ1n) is 4.52. The molecule has 1 aromatic carbocycles. The highest BCUT2D eigenvalue weighted by Crippen LogP contribution is 2.37. The summed E-state index contributed by atoms with van der Waals surface area (Å²) in [6, 6.07) is 5.38. The van der Waals surface area contributed by atoms with Crippen LogP contribution in [0.25, 0.3) is 0 Å². The predicted octanol–water partition coefficient (Wildman–Crippen LogP) is 0.641. The maximum absolute atomic E-state index is 11.5. The normalized spacial score (nSPS) is 18.1. The van der Waals surface area contributed by atoms with E-state index in [0.29, 0.717) is 18.7 Å². The van der Waals surface area contributed by atoms with Crippen LogP contribution < -0.4 is 10.2 Å². The minimum Gasteiger partial charge on any atom is -0.382 e. The van der Waals surface area contributed by atoms with Crippen LogP contribution in [-0.2, 0) is 4.79 Å². The molecule has 1 N–H and O–H groups in total. The number of anilines is 2. The fraction of sp³-hybridized carbons (Fsp3) is 0.200. The van der Waals surface area contributed by atoms with Crippen molar-refractivity contribution < 1.29 is 9.59 Å². The van der Waals surface area contributed by atoms with Gasteiger partial charge in [-0.1, -0.05) is 6.07 Å². The first kappa shape index (κ1) is 7.55. The fourth-order valence-corrected chi connectivity index (χ4v) is 2.02. The average Bonchev–Trinajstić information content (AvgIpc) is 2.47. The van der Waals surface area contributed by atoms with Crippen LogP contribution in [0.15, 0.2) is 18.2 Å². The quantitative estimate of drug-likeness (QED) is 0.608. The molecule has 4 nitrogen and oxygen atoms in total. The van der Waals surface area contributed by atoms with Crippen LogP contribution in [0, 0.1) is 0 Å². The zero-order chi connectivity index (χ0) is 9.71. The van der Waals surface area contributed by atoms with Gasteiger partial charge in [-0.15, -0.1) is 0 Å². The maximum Gasteiger partial charge on any atom is 0.299 e. The van der Waals surface area contributed by atoms with Crippen LogP contribution in [0.5, 0.6) is 0 Å². The van der Waals surface area contributed by atoms with Gasteiger partial charge in [-0.05, 0) is 12.1 Å². The maximum atomic E-state index is 11.5. The Hall–Kier alpha value is -1.84. The molecule has 1 aromatic rings. The fourth-order valence-electron chi connectivity index (χ4n) is 2.02. The molecule has 2 aliphatic heterocycles. The van der Waals surface area contributed by atoms with Crippen LogP contribution >= 0.6 is 0 Å². The van der Waals surface area contributed by atoms with Crippen molar-refractivity contribution in [1.29, 1.82) is 0 Å². The van der Waals surface area contributed by atoms with Crippen molar-refractivity contribution in [3.63, 3.8) is 0 Å². The summed E-state index contributed by atoms with van der Waals surface area (Å²) in [7, 11) is 0. The van der Waals surface area contributed by atoms with Gasteiger partial charge in [0.2, 0.25) is 0 Å². The van der Waals surface area contributed by atoms with Gasteiger partial charge in [0, 0.05) is 13.1 Å². The Morgan fingerprint density at radius 1 is 1.29 bits per heavy atom. The van der Waals surface area contributed by atoms with Gasteiger partial charge < -0.3 is 10.2 Å². The summed E-state index contributed by atoms with van der Waals surface area (Å²) in [5, 5.41) is 3.17. The molecule has 2 aliphatic rings. The molecule has 0 saturated heterocycles. The van der Waals surface area contributed by atoms with Crippen LogP contribution in [0.1, 0.15) is 10.4 Å². The van der Waals surface area contributed by atoms with Crippen molar-refractivity contribution in [2.45, 2.75) is 0 Å². The highest BCUT2D eigenvalue weighted by Gasteiger charge is 2.38. The zero-order valence-corrected chi connectivity index (χ0v) is 7.41. The van der Waals surface area contributed by atoms with E-state index in [9.17, 15) is 9.59 Å². The van der Waals surface area contributed by atoms with E-state index in [0.717, 1.165) is 11.4 Å². The summed E-state index contributed by atoms with van der Waals surface area (Å²) < 4.78 is 0. The van der Waals surface area contributed by atoms with E-state index in [1.807, 2.05) is 6.07 Å². The number of ketones is 1. The molecule has 0 bridgehead atoms. The smallest absolute Gasteiger partial charge is 0.299 e. The lowest BCUT2D eigenvalue weighted by molar-refractivity contribution is -0.114. The Bertz CT molecular complexity index is 453. The Balaban J connectivity index is 2.32. The molecular formula is C10H8N2O2. The van der Waals surface area contributed by atoms with E-state index in [1.54, 1.807) is 17.0 Å². The van der Waals surface area contributed by atoms with Gasteiger partial charge in [0.15, 0.2) is 0 Å². The molecule has 0 radical (unpaired) electrons. The number of Topliss-reactive ketones (excluding diaryl/α,β-unsaturated/α-hetero) is 1. The number of benzene rings is 1. The van der Waals surface area contributed by atoms with Gasteiger partial charge in [-0.2, -0.15) is 0 Å². The minimum atomic E-state index is -0.394. The molecule has 0 aliphatic carbocycles. The molecule has 0 fully saturated rings. The topological polar surface area (TPSA) is 49.4 Å². The summed E-state index contributed by atoms with van der Waals surface area (Å²) >= 11 is 0. The van der Waals surface area contributed by atoms with E-state index >= 15 is 0 Å². The second-order valence-electron chi connectivity index (χ2n) is 3.41. The van der Waals surface area contributed by atoms with Crippen LogP contribution in [0.2, 0.25) is 0 Å². The van der Waals surface area contributed by atoms with E-state index in [2.05, 4.69) is 5.32 Å². The van der Waals surface area contributed by atoms with Gasteiger partial charge in [0.1, 0.15) is 0 Å². The summed E-state index contributed by atoms with van der Waals surface area (Å²) in [5.74, 6) is -0.778. The SMILES string of the molecule is O=C1C(=O)N2CCNc3cccc1c32. The molecule has 14 heavy (non-hydrogen) atoms. The van der Waals surface area contributed by atoms with E-state index in [1.165, 1.54) is 0 Å². The second kappa shape index (κ2) is 2.35. The summed E-state index contributed by atoms with van der Waals surface area (Å²) in [4.78, 5) is 24.6. The molecule has 0 saturated carbocycles. The van der Waals surface area contributed by atoms with Crippen molar-refractivity contribution >= 4 is 23.1 Å². The molecule has 0 spiro atoms. The average molecular weight is 188 g/mol. The lowest BCUT2D eigenvalue weighted by atomic mass is 10.1. The second-order valence-corrected chi connectivity index (χ2v) is 3.41. The minimum absolute atomic E-state index is 0.384. The number of nitrogens with one attached hydrogen (secondary N) is 1. The number of carbonyl (C=O) groups excluding carboxylic acids is 2. The summed E-state index contributed by atoms with van der Waals surface area (Å²) in [6.07, 6.45) is 0. The van der Waals surface area contributed by atoms with E-state index < -0.39 is 5.91 Å². The molecule has 70 valence electrons. The molecule has 3 rings (SSSR count). The Kier molecular flexibility index (Phi) is 1.27. The highest BCUT2D eigenvalue weighted by molar-refractivity contribution is 6.53. The molecule has 0 aromatic heterocycles. The number of carbonyl (C=O) groups is 2. The van der Waals surface area contributed by atoms with Crippen molar-refractivity contribution in [1.82, 2.24) is 0 Å². The third-order valence-electron chi connectivity index (χ3n) is 2.64. The predicted molar refractivity (Wildman–Crippen MR) is 51.6 cm³/mol. The van der Waals surface area contributed by atoms with Crippen molar-refractivity contribution in [2.24, 2.45) is 0 Å². The first-order valence-corrected chi connectivity index (χ1v) is 4.52. The largest absolute Gasteiger partial charge is 0.382 e. The number of para-hydroxylation sites is 1. The van der Waals surface area contributed by atoms with Crippen LogP contribution in [-0.4, -0.2) is 24.8 Å². The van der Waals surface area contributed by atoms with Gasteiger partial charge in [0.25, 0.3) is 11.7 Å². The monoisotopic (exact) mass is 188 g/mol. The van der Waals surface area contributed by atoms with E-state index in [-0.39, 0.29) is 5.78 Å². The Labute approximate surface area is 80.5 Å². The van der Waals surface area contributed by atoms with Crippen LogP contribution in [0.3, 0.4) is 0 Å². The number of amides is 1. The Morgan fingerprint density at radius 2 is 2.14 bits per heavy atom. The first-order chi connectivity index (χ1) is 6.79. The molecule has 4 heteroatoms. The lowest BCUT2D eigenvalue weighted by Gasteiger charge is -2.25. The standard InChI is InChI=1S/C10H8N2O2/c13-9-6-2-1-3-7-8(6)12(10(9)14)5-4-11-7/h1-3,11H,4-5H2. The third-order valence-corrected chi connectivity index (χ3v) is 2.64.